The summed E-state index contributed by atoms with van der Waals surface area (Å²) in [4.78, 5) is 19.2. The van der Waals surface area contributed by atoms with Gasteiger partial charge in [-0.1, -0.05) is 25.5 Å². The Hall–Kier alpha value is -3.08. The van der Waals surface area contributed by atoms with Crippen molar-refractivity contribution < 1.29 is 9.21 Å². The Morgan fingerprint density at radius 2 is 2.04 bits per heavy atom. The summed E-state index contributed by atoms with van der Waals surface area (Å²) >= 11 is 0. The molecule has 3 aromatic rings. The van der Waals surface area contributed by atoms with Crippen molar-refractivity contribution in [1.82, 2.24) is 9.88 Å². The van der Waals surface area contributed by atoms with Crippen molar-refractivity contribution in [2.24, 2.45) is 0 Å². The first-order valence-corrected chi connectivity index (χ1v) is 9.22. The largest absolute Gasteiger partial charge is 0.467 e. The molecule has 1 amide bonds. The van der Waals surface area contributed by atoms with Crippen LogP contribution < -0.4 is 5.73 Å². The third kappa shape index (κ3) is 4.56. The molecule has 27 heavy (non-hydrogen) atoms. The van der Waals surface area contributed by atoms with Crippen molar-refractivity contribution >= 4 is 11.7 Å². The number of amides is 1. The van der Waals surface area contributed by atoms with Crippen LogP contribution in [0.5, 0.6) is 0 Å². The minimum atomic E-state index is 0.00169. The maximum atomic E-state index is 13.1. The van der Waals surface area contributed by atoms with Gasteiger partial charge in [0.15, 0.2) is 0 Å². The molecule has 2 aromatic heterocycles. The van der Waals surface area contributed by atoms with Gasteiger partial charge >= 0.3 is 0 Å². The molecule has 2 N–H and O–H groups in total. The van der Waals surface area contributed by atoms with Crippen LogP contribution in [0.2, 0.25) is 0 Å². The summed E-state index contributed by atoms with van der Waals surface area (Å²) in [5, 5.41) is 0. The van der Waals surface area contributed by atoms with Crippen molar-refractivity contribution in [1.29, 1.82) is 0 Å². The van der Waals surface area contributed by atoms with E-state index in [1.165, 1.54) is 0 Å². The Morgan fingerprint density at radius 3 is 2.74 bits per heavy atom. The summed E-state index contributed by atoms with van der Waals surface area (Å²) in [6, 6.07) is 13.4. The summed E-state index contributed by atoms with van der Waals surface area (Å²) in [6.45, 7) is 5.21. The predicted molar refractivity (Wildman–Crippen MR) is 107 cm³/mol. The molecule has 3 rings (SSSR count). The average Bonchev–Trinajstić information content (AvgIpc) is 3.20. The number of aromatic nitrogens is 1. The summed E-state index contributed by atoms with van der Waals surface area (Å²) < 4.78 is 5.43. The van der Waals surface area contributed by atoms with Crippen LogP contribution in [0.25, 0.3) is 11.1 Å². The van der Waals surface area contributed by atoms with E-state index in [9.17, 15) is 4.79 Å². The molecule has 0 aliphatic rings. The minimum absolute atomic E-state index is 0.00169. The van der Waals surface area contributed by atoms with Gasteiger partial charge in [0.2, 0.25) is 0 Å². The SMILES string of the molecule is CCCCN(Cc1ccco1)C(=O)c1cccc(-c2cnc(N)c(C)c2)c1. The van der Waals surface area contributed by atoms with E-state index in [2.05, 4.69) is 11.9 Å². The van der Waals surface area contributed by atoms with Gasteiger partial charge in [0, 0.05) is 23.9 Å². The number of hydrogen-bond donors (Lipinski definition) is 1. The lowest BCUT2D eigenvalue weighted by molar-refractivity contribution is 0.0729. The number of nitrogen functional groups attached to an aromatic ring is 1. The minimum Gasteiger partial charge on any atom is -0.467 e. The summed E-state index contributed by atoms with van der Waals surface area (Å²) in [5.41, 5.74) is 9.29. The molecule has 5 nitrogen and oxygen atoms in total. The molecule has 0 aliphatic heterocycles. The van der Waals surface area contributed by atoms with Gasteiger partial charge in [0.25, 0.3) is 5.91 Å². The van der Waals surface area contributed by atoms with Crippen molar-refractivity contribution in [3.8, 4) is 11.1 Å². The summed E-state index contributed by atoms with van der Waals surface area (Å²) in [5.74, 6) is 1.31. The quantitative estimate of drug-likeness (QED) is 0.662. The number of hydrogen-bond acceptors (Lipinski definition) is 4. The fraction of sp³-hybridized carbons (Fsp3) is 0.273. The van der Waals surface area contributed by atoms with Crippen LogP contribution >= 0.6 is 0 Å². The Balaban J connectivity index is 1.86. The number of carbonyl (C=O) groups excluding carboxylic acids is 1. The Labute approximate surface area is 159 Å². The number of carbonyl (C=O) groups is 1. The highest BCUT2D eigenvalue weighted by molar-refractivity contribution is 5.95. The molecule has 1 aromatic carbocycles. The number of rotatable bonds is 7. The van der Waals surface area contributed by atoms with Crippen LogP contribution in [-0.4, -0.2) is 22.3 Å². The second kappa shape index (κ2) is 8.54. The molecule has 0 spiro atoms. The smallest absolute Gasteiger partial charge is 0.254 e. The second-order valence-corrected chi connectivity index (χ2v) is 6.67. The highest BCUT2D eigenvalue weighted by Gasteiger charge is 2.17. The van der Waals surface area contributed by atoms with Crippen molar-refractivity contribution in [3.63, 3.8) is 0 Å². The zero-order valence-electron chi connectivity index (χ0n) is 15.8. The number of nitrogens with two attached hydrogens (primary N) is 1. The molecule has 0 aliphatic carbocycles. The average molecular weight is 363 g/mol. The van der Waals surface area contributed by atoms with Gasteiger partial charge in [-0.2, -0.15) is 0 Å². The molecule has 140 valence electrons. The van der Waals surface area contributed by atoms with Crippen LogP contribution in [0.15, 0.2) is 59.3 Å². The van der Waals surface area contributed by atoms with Crippen LogP contribution in [0.1, 0.15) is 41.4 Å². The molecule has 0 unspecified atom stereocenters. The standard InChI is InChI=1S/C22H25N3O2/c1-3-4-10-25(15-20-9-6-11-27-20)22(26)18-8-5-7-17(13-18)19-12-16(2)21(23)24-14-19/h5-9,11-14H,3-4,10,15H2,1-2H3,(H2,23,24). The molecule has 0 fully saturated rings. The second-order valence-electron chi connectivity index (χ2n) is 6.67. The molecular weight excluding hydrogens is 338 g/mol. The van der Waals surface area contributed by atoms with Crippen molar-refractivity contribution in [3.05, 3.63) is 71.8 Å². The Morgan fingerprint density at radius 1 is 1.19 bits per heavy atom. The van der Waals surface area contributed by atoms with Crippen LogP contribution in [0.3, 0.4) is 0 Å². The molecule has 0 saturated heterocycles. The van der Waals surface area contributed by atoms with Crippen LogP contribution in [0, 0.1) is 6.92 Å². The first kappa shape index (κ1) is 18.7. The number of anilines is 1. The van der Waals surface area contributed by atoms with Gasteiger partial charge < -0.3 is 15.1 Å². The highest BCUT2D eigenvalue weighted by Crippen LogP contribution is 2.23. The fourth-order valence-corrected chi connectivity index (χ4v) is 2.95. The zero-order valence-corrected chi connectivity index (χ0v) is 15.8. The molecule has 0 radical (unpaired) electrons. The van der Waals surface area contributed by atoms with Crippen LogP contribution in [0.4, 0.5) is 5.82 Å². The highest BCUT2D eigenvalue weighted by atomic mass is 16.3. The number of nitrogens with zero attached hydrogens (tertiary/aromatic N) is 2. The van der Waals surface area contributed by atoms with E-state index in [1.807, 2.05) is 54.3 Å². The predicted octanol–water partition coefficient (Wildman–Crippen LogP) is 4.67. The van der Waals surface area contributed by atoms with Crippen LogP contribution in [-0.2, 0) is 6.54 Å². The molecule has 0 bridgehead atoms. The van der Waals surface area contributed by atoms with Gasteiger partial charge in [0.1, 0.15) is 11.6 Å². The first-order valence-electron chi connectivity index (χ1n) is 9.22. The Kier molecular flexibility index (Phi) is 5.91. The van der Waals surface area contributed by atoms with E-state index in [1.54, 1.807) is 12.5 Å². The van der Waals surface area contributed by atoms with Gasteiger partial charge in [-0.3, -0.25) is 4.79 Å². The van der Waals surface area contributed by atoms with Gasteiger partial charge in [-0.05, 0) is 54.8 Å². The summed E-state index contributed by atoms with van der Waals surface area (Å²) in [7, 11) is 0. The van der Waals surface area contributed by atoms with E-state index in [0.717, 1.165) is 35.3 Å². The fourth-order valence-electron chi connectivity index (χ4n) is 2.95. The molecular formula is C22H25N3O2. The van der Waals surface area contributed by atoms with Gasteiger partial charge in [0.05, 0.1) is 12.8 Å². The molecule has 2 heterocycles. The Bertz CT molecular complexity index is 904. The number of pyridine rings is 1. The lowest BCUT2D eigenvalue weighted by Gasteiger charge is -2.22. The van der Waals surface area contributed by atoms with Gasteiger partial charge in [-0.25, -0.2) is 4.98 Å². The topological polar surface area (TPSA) is 72.4 Å². The molecule has 0 saturated carbocycles. The van der Waals surface area contributed by atoms with E-state index < -0.39 is 0 Å². The van der Waals surface area contributed by atoms with E-state index >= 15 is 0 Å². The van der Waals surface area contributed by atoms with E-state index in [0.29, 0.717) is 24.5 Å². The lowest BCUT2D eigenvalue weighted by Crippen LogP contribution is -2.31. The maximum absolute atomic E-state index is 13.1. The van der Waals surface area contributed by atoms with E-state index in [-0.39, 0.29) is 5.91 Å². The first-order chi connectivity index (χ1) is 13.1. The number of furan rings is 1. The number of benzene rings is 1. The van der Waals surface area contributed by atoms with Crippen molar-refractivity contribution in [2.45, 2.75) is 33.2 Å². The number of unbranched alkanes of at least 4 members (excludes halogenated alkanes) is 1. The van der Waals surface area contributed by atoms with E-state index in [4.69, 9.17) is 10.2 Å². The van der Waals surface area contributed by atoms with Gasteiger partial charge in [-0.15, -0.1) is 0 Å². The third-order valence-corrected chi connectivity index (χ3v) is 4.56. The molecule has 0 atom stereocenters. The lowest BCUT2D eigenvalue weighted by atomic mass is 10.0. The monoisotopic (exact) mass is 363 g/mol. The maximum Gasteiger partial charge on any atom is 0.254 e. The summed E-state index contributed by atoms with van der Waals surface area (Å²) in [6.07, 6.45) is 5.35. The normalized spacial score (nSPS) is 10.7. The molecule has 5 heteroatoms. The third-order valence-electron chi connectivity index (χ3n) is 4.56. The number of aryl methyl sites for hydroxylation is 1. The zero-order chi connectivity index (χ0) is 19.2. The van der Waals surface area contributed by atoms with Crippen molar-refractivity contribution in [2.75, 3.05) is 12.3 Å².